The first kappa shape index (κ1) is 14.3. The van der Waals surface area contributed by atoms with Crippen LogP contribution in [0.5, 0.6) is 0 Å². The van der Waals surface area contributed by atoms with E-state index in [0.29, 0.717) is 6.54 Å². The maximum Gasteiger partial charge on any atom is 0.327 e. The van der Waals surface area contributed by atoms with Gasteiger partial charge in [0.1, 0.15) is 6.04 Å². The van der Waals surface area contributed by atoms with Crippen molar-refractivity contribution in [3.05, 3.63) is 60.2 Å². The lowest BCUT2D eigenvalue weighted by atomic mass is 10.0. The van der Waals surface area contributed by atoms with Crippen LogP contribution in [-0.2, 0) is 9.53 Å². The molecule has 2 aromatic rings. The summed E-state index contributed by atoms with van der Waals surface area (Å²) in [6.07, 6.45) is 0. The molecule has 1 N–H and O–H groups in total. The molecule has 0 aliphatic heterocycles. The van der Waals surface area contributed by atoms with E-state index in [-0.39, 0.29) is 5.97 Å². The Morgan fingerprint density at radius 3 is 2.20 bits per heavy atom. The predicted molar refractivity (Wildman–Crippen MR) is 80.3 cm³/mol. The number of rotatable bonds is 5. The molecule has 0 aliphatic carbocycles. The Bertz CT molecular complexity index is 549. The van der Waals surface area contributed by atoms with Crippen molar-refractivity contribution in [1.82, 2.24) is 5.32 Å². The molecule has 0 fully saturated rings. The Morgan fingerprint density at radius 1 is 1.05 bits per heavy atom. The molecule has 0 spiro atoms. The van der Waals surface area contributed by atoms with Gasteiger partial charge in [-0.3, -0.25) is 0 Å². The lowest BCUT2D eigenvalue weighted by molar-refractivity contribution is -0.143. The van der Waals surface area contributed by atoms with Crippen LogP contribution in [0.2, 0.25) is 0 Å². The van der Waals surface area contributed by atoms with Gasteiger partial charge in [0.15, 0.2) is 0 Å². The summed E-state index contributed by atoms with van der Waals surface area (Å²) < 4.78 is 4.83. The minimum absolute atomic E-state index is 0.265. The van der Waals surface area contributed by atoms with Crippen molar-refractivity contribution in [3.8, 4) is 11.1 Å². The second-order valence-corrected chi connectivity index (χ2v) is 4.50. The van der Waals surface area contributed by atoms with Crippen LogP contribution >= 0.6 is 0 Å². The van der Waals surface area contributed by atoms with Gasteiger partial charge in [0.05, 0.1) is 7.11 Å². The Labute approximate surface area is 119 Å². The number of nitrogens with one attached hydrogen (secondary N) is 1. The number of hydrogen-bond acceptors (Lipinski definition) is 3. The third-order valence-electron chi connectivity index (χ3n) is 3.20. The molecule has 0 aromatic heterocycles. The maximum absolute atomic E-state index is 11.8. The molecule has 0 saturated heterocycles. The molecule has 0 radical (unpaired) electrons. The molecule has 0 aliphatic rings. The van der Waals surface area contributed by atoms with Crippen LogP contribution in [0.3, 0.4) is 0 Å². The summed E-state index contributed by atoms with van der Waals surface area (Å²) in [6, 6.07) is 17.7. The average Bonchev–Trinajstić information content (AvgIpc) is 2.53. The highest BCUT2D eigenvalue weighted by Crippen LogP contribution is 2.22. The summed E-state index contributed by atoms with van der Waals surface area (Å²) in [5, 5.41) is 3.13. The van der Waals surface area contributed by atoms with E-state index in [9.17, 15) is 4.79 Å². The number of hydrogen-bond donors (Lipinski definition) is 1. The van der Waals surface area contributed by atoms with Gasteiger partial charge >= 0.3 is 5.97 Å². The highest BCUT2D eigenvalue weighted by atomic mass is 16.5. The smallest absolute Gasteiger partial charge is 0.327 e. The number of esters is 1. The zero-order chi connectivity index (χ0) is 14.4. The molecule has 1 unspecified atom stereocenters. The van der Waals surface area contributed by atoms with Gasteiger partial charge in [0.2, 0.25) is 0 Å². The standard InChI is InChI=1S/C17H19NO2/c1-3-18-16(17(19)20-2)15-11-9-14(10-12-15)13-7-5-4-6-8-13/h4-12,16,18H,3H2,1-2H3. The summed E-state index contributed by atoms with van der Waals surface area (Å²) in [5.74, 6) is -0.265. The zero-order valence-electron chi connectivity index (χ0n) is 11.8. The van der Waals surface area contributed by atoms with Gasteiger partial charge in [0, 0.05) is 0 Å². The van der Waals surface area contributed by atoms with Gasteiger partial charge in [-0.25, -0.2) is 4.79 Å². The third kappa shape index (κ3) is 3.25. The molecular weight excluding hydrogens is 250 g/mol. The molecular formula is C17H19NO2. The lowest BCUT2D eigenvalue weighted by Gasteiger charge is -2.16. The van der Waals surface area contributed by atoms with Gasteiger partial charge in [-0.2, -0.15) is 0 Å². The van der Waals surface area contributed by atoms with Crippen molar-refractivity contribution >= 4 is 5.97 Å². The van der Waals surface area contributed by atoms with Crippen molar-refractivity contribution in [2.45, 2.75) is 13.0 Å². The molecule has 2 rings (SSSR count). The van der Waals surface area contributed by atoms with Crippen molar-refractivity contribution in [3.63, 3.8) is 0 Å². The van der Waals surface area contributed by atoms with Gasteiger partial charge in [-0.15, -0.1) is 0 Å². The molecule has 2 aromatic carbocycles. The largest absolute Gasteiger partial charge is 0.468 e. The highest BCUT2D eigenvalue weighted by molar-refractivity contribution is 5.78. The molecule has 0 amide bonds. The molecule has 1 atom stereocenters. The van der Waals surface area contributed by atoms with Crippen molar-refractivity contribution in [1.29, 1.82) is 0 Å². The number of ether oxygens (including phenoxy) is 1. The summed E-state index contributed by atoms with van der Waals surface area (Å²) in [5.41, 5.74) is 3.21. The number of carbonyl (C=O) groups excluding carboxylic acids is 1. The van der Waals surface area contributed by atoms with Crippen LogP contribution in [0, 0.1) is 0 Å². The molecule has 0 heterocycles. The Kier molecular flexibility index (Phi) is 4.91. The van der Waals surface area contributed by atoms with E-state index in [1.54, 1.807) is 0 Å². The number of methoxy groups -OCH3 is 1. The highest BCUT2D eigenvalue weighted by Gasteiger charge is 2.19. The number of carbonyl (C=O) groups is 1. The van der Waals surface area contributed by atoms with E-state index in [0.717, 1.165) is 16.7 Å². The molecule has 104 valence electrons. The monoisotopic (exact) mass is 269 g/mol. The van der Waals surface area contributed by atoms with Crippen molar-refractivity contribution in [2.24, 2.45) is 0 Å². The average molecular weight is 269 g/mol. The topological polar surface area (TPSA) is 38.3 Å². The van der Waals surface area contributed by atoms with Crippen LogP contribution in [0.15, 0.2) is 54.6 Å². The summed E-state index contributed by atoms with van der Waals surface area (Å²) in [6.45, 7) is 2.68. The first-order valence-electron chi connectivity index (χ1n) is 6.73. The van der Waals surface area contributed by atoms with Gasteiger partial charge < -0.3 is 10.1 Å². The Hall–Kier alpha value is -2.13. The minimum atomic E-state index is -0.408. The maximum atomic E-state index is 11.8. The molecule has 3 nitrogen and oxygen atoms in total. The zero-order valence-corrected chi connectivity index (χ0v) is 11.8. The summed E-state index contributed by atoms with van der Waals surface area (Å²) in [7, 11) is 1.41. The van der Waals surface area contributed by atoms with E-state index in [4.69, 9.17) is 4.74 Å². The predicted octanol–water partition coefficient (Wildman–Crippen LogP) is 3.18. The SMILES string of the molecule is CCNC(C(=O)OC)c1ccc(-c2ccccc2)cc1. The van der Waals surface area contributed by atoms with Crippen molar-refractivity contribution < 1.29 is 9.53 Å². The van der Waals surface area contributed by atoms with Crippen LogP contribution in [0.4, 0.5) is 0 Å². The summed E-state index contributed by atoms with van der Waals surface area (Å²) in [4.78, 5) is 11.8. The van der Waals surface area contributed by atoms with Crippen LogP contribution < -0.4 is 5.32 Å². The van der Waals surface area contributed by atoms with Crippen LogP contribution in [0.1, 0.15) is 18.5 Å². The lowest BCUT2D eigenvalue weighted by Crippen LogP contribution is -2.29. The first-order chi connectivity index (χ1) is 9.76. The van der Waals surface area contributed by atoms with E-state index < -0.39 is 6.04 Å². The molecule has 0 saturated carbocycles. The van der Waals surface area contributed by atoms with E-state index in [1.165, 1.54) is 7.11 Å². The van der Waals surface area contributed by atoms with E-state index in [1.807, 2.05) is 49.4 Å². The quantitative estimate of drug-likeness (QED) is 0.847. The number of likely N-dealkylation sites (N-methyl/N-ethyl adjacent to an activating group) is 1. The molecule has 3 heteroatoms. The third-order valence-corrected chi connectivity index (χ3v) is 3.20. The van der Waals surface area contributed by atoms with E-state index in [2.05, 4.69) is 17.4 Å². The fourth-order valence-electron chi connectivity index (χ4n) is 2.16. The van der Waals surface area contributed by atoms with Gasteiger partial charge in [0.25, 0.3) is 0 Å². The first-order valence-corrected chi connectivity index (χ1v) is 6.73. The Morgan fingerprint density at radius 2 is 1.65 bits per heavy atom. The van der Waals surface area contributed by atoms with E-state index >= 15 is 0 Å². The molecule has 20 heavy (non-hydrogen) atoms. The second kappa shape index (κ2) is 6.87. The van der Waals surface area contributed by atoms with Gasteiger partial charge in [-0.1, -0.05) is 61.5 Å². The fourth-order valence-corrected chi connectivity index (χ4v) is 2.16. The Balaban J connectivity index is 2.24. The number of benzene rings is 2. The minimum Gasteiger partial charge on any atom is -0.468 e. The second-order valence-electron chi connectivity index (χ2n) is 4.50. The van der Waals surface area contributed by atoms with Gasteiger partial charge in [-0.05, 0) is 23.2 Å². The van der Waals surface area contributed by atoms with Crippen molar-refractivity contribution in [2.75, 3.05) is 13.7 Å². The van der Waals surface area contributed by atoms with Crippen LogP contribution in [-0.4, -0.2) is 19.6 Å². The molecule has 0 bridgehead atoms. The van der Waals surface area contributed by atoms with Crippen LogP contribution in [0.25, 0.3) is 11.1 Å². The fraction of sp³-hybridized carbons (Fsp3) is 0.235. The summed E-state index contributed by atoms with van der Waals surface area (Å²) >= 11 is 0. The normalized spacial score (nSPS) is 11.9.